The van der Waals surface area contributed by atoms with Gasteiger partial charge >= 0.3 is 0 Å². The number of hydrogen-bond acceptors (Lipinski definition) is 4. The monoisotopic (exact) mass is 384 g/mol. The van der Waals surface area contributed by atoms with Gasteiger partial charge in [0.2, 0.25) is 5.91 Å². The molecule has 0 aromatic heterocycles. The molecule has 1 aromatic carbocycles. The normalized spacial score (nSPS) is 17.5. The highest BCUT2D eigenvalue weighted by molar-refractivity contribution is 7.92. The van der Waals surface area contributed by atoms with Crippen LogP contribution in [-0.4, -0.2) is 38.7 Å². The van der Waals surface area contributed by atoms with E-state index in [1.807, 2.05) is 0 Å². The molecular weight excluding hydrogens is 355 g/mol. The first kappa shape index (κ1) is 20.8. The summed E-state index contributed by atoms with van der Waals surface area (Å²) in [7, 11) is -3.65. The molecule has 0 heterocycles. The molecule has 2 N–H and O–H groups in total. The minimum Gasteiger partial charge on any atom is -0.355 e. The highest BCUT2D eigenvalue weighted by Crippen LogP contribution is 2.19. The van der Waals surface area contributed by atoms with Crippen LogP contribution in [0.25, 0.3) is 0 Å². The van der Waals surface area contributed by atoms with Crippen LogP contribution >= 0.6 is 0 Å². The van der Waals surface area contributed by atoms with E-state index in [1.54, 1.807) is 0 Å². The number of benzene rings is 1. The highest BCUT2D eigenvalue weighted by atomic mass is 32.2. The van der Waals surface area contributed by atoms with E-state index in [-0.39, 0.29) is 17.2 Å². The second-order valence-electron chi connectivity index (χ2n) is 7.01. The number of rotatable bonds is 8. The lowest BCUT2D eigenvalue weighted by Crippen LogP contribution is -2.38. The Kier molecular flexibility index (Phi) is 8.03. The van der Waals surface area contributed by atoms with Gasteiger partial charge in [0, 0.05) is 25.6 Å². The fraction of sp³-hybridized carbons (Fsp3) is 0.632. The minimum atomic E-state index is -3.65. The zero-order chi connectivity index (χ0) is 19.0. The predicted octanol–water partition coefficient (Wildman–Crippen LogP) is 2.81. The Morgan fingerprint density at radius 2 is 1.73 bits per heavy atom. The van der Waals surface area contributed by atoms with Crippen LogP contribution in [0.15, 0.2) is 29.2 Å². The summed E-state index contributed by atoms with van der Waals surface area (Å²) in [5.41, 5.74) is 0. The van der Waals surface area contributed by atoms with Crippen molar-refractivity contribution in [3.05, 3.63) is 30.1 Å². The number of carbonyl (C=O) groups excluding carboxylic acids is 1. The lowest BCUT2D eigenvalue weighted by atomic mass is 10.1. The van der Waals surface area contributed by atoms with Gasteiger partial charge in [0.15, 0.2) is 9.84 Å². The highest BCUT2D eigenvalue weighted by Gasteiger charge is 2.25. The molecular formula is C19H29FN2O3S. The maximum absolute atomic E-state index is 13.0. The van der Waals surface area contributed by atoms with Gasteiger partial charge in [-0.05, 0) is 44.0 Å². The number of amides is 1. The van der Waals surface area contributed by atoms with Gasteiger partial charge in [-0.1, -0.05) is 25.7 Å². The Morgan fingerprint density at radius 1 is 1.12 bits per heavy atom. The lowest BCUT2D eigenvalue weighted by Gasteiger charge is -2.17. The van der Waals surface area contributed by atoms with Crippen molar-refractivity contribution in [3.8, 4) is 0 Å². The third-order valence-electron chi connectivity index (χ3n) is 4.88. The molecule has 0 spiro atoms. The summed E-state index contributed by atoms with van der Waals surface area (Å²) in [5, 5.41) is 5.38. The molecule has 1 unspecified atom stereocenters. The van der Waals surface area contributed by atoms with Crippen LogP contribution in [0.5, 0.6) is 0 Å². The maximum atomic E-state index is 13.0. The van der Waals surface area contributed by atoms with E-state index < -0.39 is 20.9 Å². The van der Waals surface area contributed by atoms with Crippen molar-refractivity contribution in [2.75, 3.05) is 13.1 Å². The van der Waals surface area contributed by atoms with Gasteiger partial charge in [-0.25, -0.2) is 12.8 Å². The zero-order valence-electron chi connectivity index (χ0n) is 15.3. The summed E-state index contributed by atoms with van der Waals surface area (Å²) < 4.78 is 37.8. The van der Waals surface area contributed by atoms with Gasteiger partial charge in [0.25, 0.3) is 0 Å². The lowest BCUT2D eigenvalue weighted by molar-refractivity contribution is -0.121. The number of hydrogen-bond donors (Lipinski definition) is 2. The largest absolute Gasteiger partial charge is 0.355 e. The molecule has 5 nitrogen and oxygen atoms in total. The molecule has 1 atom stereocenters. The summed E-state index contributed by atoms with van der Waals surface area (Å²) in [5.74, 6) is -0.777. The van der Waals surface area contributed by atoms with E-state index in [4.69, 9.17) is 0 Å². The van der Waals surface area contributed by atoms with Crippen molar-refractivity contribution in [1.29, 1.82) is 0 Å². The van der Waals surface area contributed by atoms with E-state index >= 15 is 0 Å². The van der Waals surface area contributed by atoms with Crippen molar-refractivity contribution < 1.29 is 17.6 Å². The third-order valence-corrected chi connectivity index (χ3v) is 7.04. The number of sulfone groups is 1. The molecule has 1 amide bonds. The van der Waals surface area contributed by atoms with E-state index in [0.717, 1.165) is 12.1 Å². The second-order valence-corrected chi connectivity index (χ2v) is 9.37. The Hall–Kier alpha value is -1.47. The fourth-order valence-electron chi connectivity index (χ4n) is 3.26. The fourth-order valence-corrected chi connectivity index (χ4v) is 4.61. The molecule has 1 aliphatic carbocycles. The Bertz CT molecular complexity index is 669. The molecule has 1 saturated carbocycles. The molecule has 7 heteroatoms. The summed E-state index contributed by atoms with van der Waals surface area (Å²) in [6, 6.07) is 5.20. The number of carbonyl (C=O) groups is 1. The van der Waals surface area contributed by atoms with Crippen molar-refractivity contribution in [2.24, 2.45) is 0 Å². The molecule has 1 aliphatic rings. The Balaban J connectivity index is 1.73. The molecule has 0 aliphatic heterocycles. The first-order chi connectivity index (χ1) is 12.4. The second kappa shape index (κ2) is 10.0. The van der Waals surface area contributed by atoms with Crippen LogP contribution in [0.4, 0.5) is 4.39 Å². The van der Waals surface area contributed by atoms with Crippen molar-refractivity contribution >= 4 is 15.7 Å². The molecule has 0 radical (unpaired) electrons. The van der Waals surface area contributed by atoms with Gasteiger partial charge in [0.05, 0.1) is 10.1 Å². The molecule has 146 valence electrons. The first-order valence-electron chi connectivity index (χ1n) is 9.39. The van der Waals surface area contributed by atoms with Gasteiger partial charge in [-0.2, -0.15) is 0 Å². The topological polar surface area (TPSA) is 75.3 Å². The van der Waals surface area contributed by atoms with Crippen LogP contribution in [0.2, 0.25) is 0 Å². The summed E-state index contributed by atoms with van der Waals surface area (Å²) in [4.78, 5) is 12.1. The quantitative estimate of drug-likeness (QED) is 0.411. The minimum absolute atomic E-state index is 0.0363. The Labute approximate surface area is 155 Å². The first-order valence-corrected chi connectivity index (χ1v) is 10.9. The average Bonchev–Trinajstić information content (AvgIpc) is 2.88. The smallest absolute Gasteiger partial charge is 0.221 e. The number of nitrogens with one attached hydrogen (secondary N) is 2. The van der Waals surface area contributed by atoms with Gasteiger partial charge in [0.1, 0.15) is 5.82 Å². The van der Waals surface area contributed by atoms with Crippen LogP contribution in [0.3, 0.4) is 0 Å². The van der Waals surface area contributed by atoms with Crippen molar-refractivity contribution in [3.63, 3.8) is 0 Å². The summed E-state index contributed by atoms with van der Waals surface area (Å²) in [6.45, 7) is 2.68. The maximum Gasteiger partial charge on any atom is 0.221 e. The van der Waals surface area contributed by atoms with Crippen LogP contribution < -0.4 is 10.6 Å². The van der Waals surface area contributed by atoms with E-state index in [2.05, 4.69) is 10.6 Å². The average molecular weight is 385 g/mol. The van der Waals surface area contributed by atoms with E-state index in [0.29, 0.717) is 19.1 Å². The number of halogens is 1. The standard InChI is InChI=1S/C19H29FN2O3S/c1-15(26(24,25)18-10-8-16(20)9-11-18)14-19(23)22-13-12-21-17-6-4-2-3-5-7-17/h8-11,15,17,21H,2-7,12-14H2,1H3,(H,22,23). The van der Waals surface area contributed by atoms with E-state index in [1.165, 1.54) is 57.6 Å². The summed E-state index contributed by atoms with van der Waals surface area (Å²) in [6.07, 6.45) is 7.36. The zero-order valence-corrected chi connectivity index (χ0v) is 16.2. The molecule has 26 heavy (non-hydrogen) atoms. The van der Waals surface area contributed by atoms with Crippen LogP contribution in [0.1, 0.15) is 51.9 Å². The van der Waals surface area contributed by atoms with Gasteiger partial charge in [-0.3, -0.25) is 4.79 Å². The molecule has 0 bridgehead atoms. The molecule has 2 rings (SSSR count). The van der Waals surface area contributed by atoms with Gasteiger partial charge in [-0.15, -0.1) is 0 Å². The van der Waals surface area contributed by atoms with Crippen LogP contribution in [0, 0.1) is 5.82 Å². The molecule has 1 fully saturated rings. The molecule has 1 aromatic rings. The predicted molar refractivity (Wildman–Crippen MR) is 100 cm³/mol. The third kappa shape index (κ3) is 6.36. The molecule has 0 saturated heterocycles. The summed E-state index contributed by atoms with van der Waals surface area (Å²) >= 11 is 0. The van der Waals surface area contributed by atoms with Crippen molar-refractivity contribution in [2.45, 2.75) is 68.1 Å². The van der Waals surface area contributed by atoms with Crippen LogP contribution in [-0.2, 0) is 14.6 Å². The SMILES string of the molecule is CC(CC(=O)NCCNC1CCCCCC1)S(=O)(=O)c1ccc(F)cc1. The Morgan fingerprint density at radius 3 is 2.35 bits per heavy atom. The van der Waals surface area contributed by atoms with Crippen molar-refractivity contribution in [1.82, 2.24) is 10.6 Å². The van der Waals surface area contributed by atoms with Gasteiger partial charge < -0.3 is 10.6 Å². The van der Waals surface area contributed by atoms with E-state index in [9.17, 15) is 17.6 Å².